The molecule has 0 aliphatic carbocycles. The molecule has 4 rings (SSSR count). The number of imidazole rings is 1. The predicted octanol–water partition coefficient (Wildman–Crippen LogP) is 2.22. The molecule has 1 fully saturated rings. The first kappa shape index (κ1) is 25.0. The summed E-state index contributed by atoms with van der Waals surface area (Å²) in [6.45, 7) is 5.97. The van der Waals surface area contributed by atoms with Crippen LogP contribution in [0.1, 0.15) is 33.9 Å². The van der Waals surface area contributed by atoms with Crippen LogP contribution in [0.5, 0.6) is 5.75 Å². The first-order valence-corrected chi connectivity index (χ1v) is 11.3. The van der Waals surface area contributed by atoms with E-state index in [0.717, 1.165) is 11.3 Å². The highest BCUT2D eigenvalue weighted by Crippen LogP contribution is 2.37. The minimum atomic E-state index is -1.05. The molecule has 0 N–H and O–H groups in total. The second-order valence-corrected chi connectivity index (χ2v) is 8.02. The summed E-state index contributed by atoms with van der Waals surface area (Å²) in [6.07, 6.45) is -1.06. The summed E-state index contributed by atoms with van der Waals surface area (Å²) in [4.78, 5) is 48.4. The lowest BCUT2D eigenvalue weighted by Crippen LogP contribution is -2.40. The van der Waals surface area contributed by atoms with Gasteiger partial charge >= 0.3 is 17.9 Å². The van der Waals surface area contributed by atoms with Crippen molar-refractivity contribution in [3.05, 3.63) is 36.9 Å². The van der Waals surface area contributed by atoms with Crippen molar-refractivity contribution in [2.45, 2.75) is 52.2 Å². The van der Waals surface area contributed by atoms with E-state index in [1.807, 2.05) is 31.2 Å². The summed E-state index contributed by atoms with van der Waals surface area (Å²) >= 11 is 0. The van der Waals surface area contributed by atoms with Crippen LogP contribution in [-0.4, -0.2) is 69.0 Å². The molecule has 12 heteroatoms. The first-order valence-electron chi connectivity index (χ1n) is 11.3. The van der Waals surface area contributed by atoms with Gasteiger partial charge in [-0.05, 0) is 31.2 Å². The van der Waals surface area contributed by atoms with E-state index in [1.165, 1.54) is 33.4 Å². The molecular weight excluding hydrogens is 472 g/mol. The molecule has 3 aromatic rings. The maximum absolute atomic E-state index is 11.9. The molecule has 1 saturated heterocycles. The second kappa shape index (κ2) is 10.7. The number of carbonyl (C=O) groups is 3. The van der Waals surface area contributed by atoms with Crippen molar-refractivity contribution >= 4 is 29.1 Å². The van der Waals surface area contributed by atoms with Gasteiger partial charge in [-0.3, -0.25) is 19.0 Å². The highest BCUT2D eigenvalue weighted by molar-refractivity contribution is 5.87. The van der Waals surface area contributed by atoms with Crippen molar-refractivity contribution in [2.75, 3.05) is 13.2 Å². The van der Waals surface area contributed by atoms with Gasteiger partial charge in [0.15, 0.2) is 24.1 Å². The minimum absolute atomic E-state index is 0.208. The van der Waals surface area contributed by atoms with E-state index < -0.39 is 42.4 Å². The van der Waals surface area contributed by atoms with Crippen molar-refractivity contribution in [2.24, 2.45) is 0 Å². The molecule has 0 bridgehead atoms. The number of nitrogens with zero attached hydrogens (tertiary/aromatic N) is 4. The van der Waals surface area contributed by atoms with E-state index in [1.54, 1.807) is 4.57 Å². The molecule has 0 spiro atoms. The summed E-state index contributed by atoms with van der Waals surface area (Å²) in [7, 11) is 0. The van der Waals surface area contributed by atoms with Gasteiger partial charge in [-0.15, -0.1) is 0 Å². The summed E-state index contributed by atoms with van der Waals surface area (Å²) in [5, 5.41) is 0. The number of carbonyl (C=O) groups excluding carboxylic acids is 3. The van der Waals surface area contributed by atoms with E-state index >= 15 is 0 Å². The molecule has 12 nitrogen and oxygen atoms in total. The van der Waals surface area contributed by atoms with Gasteiger partial charge in [-0.1, -0.05) is 0 Å². The Morgan fingerprint density at radius 2 is 1.64 bits per heavy atom. The normalized spacial score (nSPS) is 21.2. The van der Waals surface area contributed by atoms with Gasteiger partial charge in [0.25, 0.3) is 0 Å². The number of fused-ring (bicyclic) bond motifs is 1. The monoisotopic (exact) mass is 498 g/mol. The average Bonchev–Trinajstić information content (AvgIpc) is 3.39. The van der Waals surface area contributed by atoms with Crippen molar-refractivity contribution in [1.82, 2.24) is 19.5 Å². The van der Waals surface area contributed by atoms with E-state index in [-0.39, 0.29) is 6.61 Å². The number of hydrogen-bond donors (Lipinski definition) is 0. The zero-order valence-corrected chi connectivity index (χ0v) is 20.2. The Bertz CT molecular complexity index is 1260. The third kappa shape index (κ3) is 5.28. The fraction of sp³-hybridized carbons (Fsp3) is 0.417. The smallest absolute Gasteiger partial charge is 0.303 e. The van der Waals surface area contributed by atoms with Crippen LogP contribution in [0, 0.1) is 0 Å². The molecular formula is C24H26N4O8. The molecule has 1 aliphatic heterocycles. The summed E-state index contributed by atoms with van der Waals surface area (Å²) in [5.41, 5.74) is 2.27. The number of aromatic nitrogens is 4. The van der Waals surface area contributed by atoms with Crippen molar-refractivity contribution in [3.63, 3.8) is 0 Å². The number of benzene rings is 1. The Hall–Kier alpha value is -4.06. The molecule has 1 aliphatic rings. The van der Waals surface area contributed by atoms with Crippen LogP contribution in [0.4, 0.5) is 0 Å². The Morgan fingerprint density at radius 3 is 2.28 bits per heavy atom. The Balaban J connectivity index is 1.73. The molecule has 2 aromatic heterocycles. The van der Waals surface area contributed by atoms with E-state index in [9.17, 15) is 14.4 Å². The SMILES string of the molecule is CCOc1ccc(-c2ncnc3c2ncn3[C@@H]2O[C@H](COC(C)=O)[C@@H](OC(C)=O)[C@H]2OC(C)=O)cc1. The lowest BCUT2D eigenvalue weighted by Gasteiger charge is -2.23. The molecule has 0 amide bonds. The molecule has 190 valence electrons. The predicted molar refractivity (Wildman–Crippen MR) is 124 cm³/mol. The van der Waals surface area contributed by atoms with E-state index in [2.05, 4.69) is 15.0 Å². The largest absolute Gasteiger partial charge is 0.494 e. The molecule has 0 saturated carbocycles. The Morgan fingerprint density at radius 1 is 0.944 bits per heavy atom. The Labute approximate surface area is 206 Å². The van der Waals surface area contributed by atoms with Crippen LogP contribution in [0.2, 0.25) is 0 Å². The highest BCUT2D eigenvalue weighted by Gasteiger charge is 2.51. The summed E-state index contributed by atoms with van der Waals surface area (Å²) < 4.78 is 29.2. The molecule has 0 unspecified atom stereocenters. The van der Waals surface area contributed by atoms with Crippen molar-refractivity contribution in [3.8, 4) is 17.0 Å². The van der Waals surface area contributed by atoms with Gasteiger partial charge < -0.3 is 23.7 Å². The van der Waals surface area contributed by atoms with Gasteiger partial charge in [-0.2, -0.15) is 0 Å². The third-order valence-corrected chi connectivity index (χ3v) is 5.41. The zero-order valence-electron chi connectivity index (χ0n) is 20.2. The molecule has 36 heavy (non-hydrogen) atoms. The highest BCUT2D eigenvalue weighted by atomic mass is 16.7. The van der Waals surface area contributed by atoms with Crippen molar-refractivity contribution in [1.29, 1.82) is 0 Å². The summed E-state index contributed by atoms with van der Waals surface area (Å²) in [6, 6.07) is 7.41. The van der Waals surface area contributed by atoms with Crippen LogP contribution >= 0.6 is 0 Å². The fourth-order valence-electron chi connectivity index (χ4n) is 4.04. The van der Waals surface area contributed by atoms with Crippen LogP contribution < -0.4 is 4.74 Å². The van der Waals surface area contributed by atoms with Gasteiger partial charge in [0.1, 0.15) is 36.0 Å². The number of hydrogen-bond acceptors (Lipinski definition) is 11. The van der Waals surface area contributed by atoms with Crippen LogP contribution in [-0.2, 0) is 33.3 Å². The number of esters is 3. The fourth-order valence-corrected chi connectivity index (χ4v) is 4.04. The van der Waals surface area contributed by atoms with E-state index in [0.29, 0.717) is 23.5 Å². The van der Waals surface area contributed by atoms with Crippen LogP contribution in [0.25, 0.3) is 22.4 Å². The topological polar surface area (TPSA) is 141 Å². The molecule has 4 atom stereocenters. The molecule has 3 heterocycles. The number of rotatable bonds is 8. The molecule has 0 radical (unpaired) electrons. The maximum atomic E-state index is 11.9. The summed E-state index contributed by atoms with van der Waals surface area (Å²) in [5.74, 6) is -1.01. The maximum Gasteiger partial charge on any atom is 0.303 e. The standard InChI is InChI=1S/C24H26N4O8/c1-5-32-17-8-6-16(7-9-17)19-20-23(26-11-25-19)28(12-27-20)24-22(35-15(4)31)21(34-14(3)30)18(36-24)10-33-13(2)29/h6-9,11-12,18,21-22,24H,5,10H2,1-4H3/t18-,21-,22-,24-/m1/s1. The van der Waals surface area contributed by atoms with E-state index in [4.69, 9.17) is 23.7 Å². The zero-order chi connectivity index (χ0) is 25.8. The lowest BCUT2D eigenvalue weighted by atomic mass is 10.1. The molecule has 1 aromatic carbocycles. The number of ether oxygens (including phenoxy) is 5. The van der Waals surface area contributed by atoms with Gasteiger partial charge in [0.05, 0.1) is 12.9 Å². The van der Waals surface area contributed by atoms with Crippen LogP contribution in [0.15, 0.2) is 36.9 Å². The van der Waals surface area contributed by atoms with Crippen molar-refractivity contribution < 1.29 is 38.1 Å². The van der Waals surface area contributed by atoms with Crippen LogP contribution in [0.3, 0.4) is 0 Å². The van der Waals surface area contributed by atoms with Gasteiger partial charge in [0, 0.05) is 26.3 Å². The second-order valence-electron chi connectivity index (χ2n) is 8.02. The van der Waals surface area contributed by atoms with Gasteiger partial charge in [0.2, 0.25) is 0 Å². The minimum Gasteiger partial charge on any atom is -0.494 e. The lowest BCUT2D eigenvalue weighted by molar-refractivity contribution is -0.166. The average molecular weight is 498 g/mol. The Kier molecular flexibility index (Phi) is 7.44. The third-order valence-electron chi connectivity index (χ3n) is 5.41. The van der Waals surface area contributed by atoms with Gasteiger partial charge in [-0.25, -0.2) is 15.0 Å². The quantitative estimate of drug-likeness (QED) is 0.333. The first-order chi connectivity index (χ1) is 17.3.